The van der Waals surface area contributed by atoms with E-state index in [1.165, 1.54) is 6.92 Å². The van der Waals surface area contributed by atoms with Crippen molar-refractivity contribution in [2.24, 2.45) is 0 Å². The molecule has 5 nitrogen and oxygen atoms in total. The molecule has 6 heteroatoms. The third-order valence-electron chi connectivity index (χ3n) is 1.34. The molecule has 88 valence electrons. The predicted octanol–water partition coefficient (Wildman–Crippen LogP) is 0.737. The van der Waals surface area contributed by atoms with Crippen molar-refractivity contribution in [1.82, 2.24) is 0 Å². The molecule has 0 rings (SSSR count). The summed E-state index contributed by atoms with van der Waals surface area (Å²) in [6.45, 7) is 3.70. The summed E-state index contributed by atoms with van der Waals surface area (Å²) in [7, 11) is 0. The molecule has 1 atom stereocenters. The summed E-state index contributed by atoms with van der Waals surface area (Å²) < 4.78 is 14.3. The molecule has 0 saturated heterocycles. The van der Waals surface area contributed by atoms with Crippen LogP contribution in [0.1, 0.15) is 13.8 Å². The van der Waals surface area contributed by atoms with E-state index < -0.39 is 11.3 Å². The smallest absolute Gasteiger partial charge is 0.326 e. The normalized spacial score (nSPS) is 11.9. The Labute approximate surface area is 93.6 Å². The van der Waals surface area contributed by atoms with Crippen LogP contribution in [0.4, 0.5) is 0 Å². The molecule has 0 saturated carbocycles. The maximum atomic E-state index is 11.0. The largest absolute Gasteiger partial charge is 0.465 e. The van der Waals surface area contributed by atoms with Gasteiger partial charge < -0.3 is 14.2 Å². The van der Waals surface area contributed by atoms with Crippen LogP contribution in [0.15, 0.2) is 0 Å². The number of alkyl halides is 1. The number of hydrogen-bond donors (Lipinski definition) is 0. The lowest BCUT2D eigenvalue weighted by Gasteiger charge is -2.09. The fraction of sp³-hybridized carbons (Fsp3) is 0.778. The first kappa shape index (κ1) is 14.2. The van der Waals surface area contributed by atoms with E-state index in [1.54, 1.807) is 6.92 Å². The van der Waals surface area contributed by atoms with Crippen molar-refractivity contribution >= 4 is 23.5 Å². The van der Waals surface area contributed by atoms with Gasteiger partial charge in [-0.1, -0.05) is 0 Å². The maximum Gasteiger partial charge on any atom is 0.326 e. The van der Waals surface area contributed by atoms with Gasteiger partial charge in [0.1, 0.15) is 6.61 Å². The van der Waals surface area contributed by atoms with E-state index in [1.807, 2.05) is 0 Å². The van der Waals surface area contributed by atoms with E-state index in [0.29, 0.717) is 0 Å². The molecule has 0 radical (unpaired) electrons. The number of carbonyl (C=O) groups is 2. The molecule has 1 unspecified atom stereocenters. The molecule has 0 bridgehead atoms. The first-order chi connectivity index (χ1) is 7.07. The lowest BCUT2D eigenvalue weighted by atomic mass is 10.4. The standard InChI is InChI=1S/C9H15ClO5/c1-3-14-9(12)8(10)6-13-4-5-15-7(2)11/h8H,3-6H2,1-2H3. The van der Waals surface area contributed by atoms with E-state index in [2.05, 4.69) is 9.47 Å². The molecule has 0 aliphatic carbocycles. The van der Waals surface area contributed by atoms with Crippen molar-refractivity contribution in [3.63, 3.8) is 0 Å². The second-order valence-electron chi connectivity index (χ2n) is 2.63. The molecule has 0 amide bonds. The average molecular weight is 239 g/mol. The molecule has 0 heterocycles. The zero-order valence-electron chi connectivity index (χ0n) is 8.82. The third kappa shape index (κ3) is 8.20. The topological polar surface area (TPSA) is 61.8 Å². The summed E-state index contributed by atoms with van der Waals surface area (Å²) >= 11 is 5.64. The van der Waals surface area contributed by atoms with Gasteiger partial charge in [0.25, 0.3) is 0 Å². The Bertz CT molecular complexity index is 207. The minimum Gasteiger partial charge on any atom is -0.465 e. The van der Waals surface area contributed by atoms with Crippen molar-refractivity contribution in [1.29, 1.82) is 0 Å². The van der Waals surface area contributed by atoms with Crippen LogP contribution in [0.3, 0.4) is 0 Å². The highest BCUT2D eigenvalue weighted by atomic mass is 35.5. The Hall–Kier alpha value is -0.810. The Morgan fingerprint density at radius 1 is 1.27 bits per heavy atom. The average Bonchev–Trinajstić information content (AvgIpc) is 2.16. The first-order valence-corrected chi connectivity index (χ1v) is 5.03. The quantitative estimate of drug-likeness (QED) is 0.372. The second-order valence-corrected chi connectivity index (χ2v) is 3.16. The Morgan fingerprint density at radius 3 is 2.47 bits per heavy atom. The molecule has 15 heavy (non-hydrogen) atoms. The van der Waals surface area contributed by atoms with Gasteiger partial charge in [-0.25, -0.2) is 0 Å². The maximum absolute atomic E-state index is 11.0. The fourth-order valence-electron chi connectivity index (χ4n) is 0.732. The van der Waals surface area contributed by atoms with Gasteiger partial charge in [-0.3, -0.25) is 9.59 Å². The van der Waals surface area contributed by atoms with Crippen molar-refractivity contribution in [2.45, 2.75) is 19.2 Å². The van der Waals surface area contributed by atoms with Gasteiger partial charge in [-0.05, 0) is 6.92 Å². The Morgan fingerprint density at radius 2 is 1.93 bits per heavy atom. The highest BCUT2D eigenvalue weighted by Gasteiger charge is 2.16. The number of halogens is 1. The zero-order chi connectivity index (χ0) is 11.7. The van der Waals surface area contributed by atoms with Crippen LogP contribution in [-0.2, 0) is 23.8 Å². The van der Waals surface area contributed by atoms with Crippen LogP contribution < -0.4 is 0 Å². The number of esters is 2. The van der Waals surface area contributed by atoms with Gasteiger partial charge in [0.15, 0.2) is 5.38 Å². The lowest BCUT2D eigenvalue weighted by Crippen LogP contribution is -2.24. The molecule has 0 aliphatic rings. The molecule has 0 fully saturated rings. The van der Waals surface area contributed by atoms with Gasteiger partial charge in [0, 0.05) is 6.92 Å². The van der Waals surface area contributed by atoms with Crippen molar-refractivity contribution in [2.75, 3.05) is 26.4 Å². The number of hydrogen-bond acceptors (Lipinski definition) is 5. The molecular weight excluding hydrogens is 224 g/mol. The van der Waals surface area contributed by atoms with Gasteiger partial charge in [-0.15, -0.1) is 11.6 Å². The van der Waals surface area contributed by atoms with E-state index in [-0.39, 0.29) is 32.4 Å². The summed E-state index contributed by atoms with van der Waals surface area (Å²) in [5.74, 6) is -0.877. The number of rotatable bonds is 7. The van der Waals surface area contributed by atoms with Crippen LogP contribution in [0.25, 0.3) is 0 Å². The highest BCUT2D eigenvalue weighted by Crippen LogP contribution is 1.99. The third-order valence-corrected chi connectivity index (χ3v) is 1.64. The van der Waals surface area contributed by atoms with Crippen LogP contribution in [-0.4, -0.2) is 43.7 Å². The summed E-state index contributed by atoms with van der Waals surface area (Å²) in [4.78, 5) is 21.4. The minimum absolute atomic E-state index is 0.0433. The predicted molar refractivity (Wildman–Crippen MR) is 53.7 cm³/mol. The first-order valence-electron chi connectivity index (χ1n) is 4.59. The van der Waals surface area contributed by atoms with Gasteiger partial charge in [-0.2, -0.15) is 0 Å². The van der Waals surface area contributed by atoms with Crippen molar-refractivity contribution in [3.8, 4) is 0 Å². The number of ether oxygens (including phenoxy) is 3. The Balaban J connectivity index is 3.42. The van der Waals surface area contributed by atoms with Crippen molar-refractivity contribution < 1.29 is 23.8 Å². The van der Waals surface area contributed by atoms with E-state index in [9.17, 15) is 9.59 Å². The molecule has 0 N–H and O–H groups in total. The summed E-state index contributed by atoms with van der Waals surface area (Å²) in [6.07, 6.45) is 0. The van der Waals surface area contributed by atoms with Gasteiger partial charge >= 0.3 is 11.9 Å². The SMILES string of the molecule is CCOC(=O)C(Cl)COCCOC(C)=O. The van der Waals surface area contributed by atoms with Gasteiger partial charge in [0.2, 0.25) is 0 Å². The summed E-state index contributed by atoms with van der Waals surface area (Å²) in [5.41, 5.74) is 0. The summed E-state index contributed by atoms with van der Waals surface area (Å²) in [5, 5.41) is -0.817. The molecular formula is C9H15ClO5. The zero-order valence-corrected chi connectivity index (χ0v) is 9.58. The highest BCUT2D eigenvalue weighted by molar-refractivity contribution is 6.30. The molecule has 0 aliphatic heterocycles. The molecule has 0 aromatic heterocycles. The van der Waals surface area contributed by atoms with Crippen molar-refractivity contribution in [3.05, 3.63) is 0 Å². The fourth-order valence-corrected chi connectivity index (χ4v) is 0.884. The summed E-state index contributed by atoms with van der Waals surface area (Å²) in [6, 6.07) is 0. The van der Waals surface area contributed by atoms with E-state index in [4.69, 9.17) is 16.3 Å². The monoisotopic (exact) mass is 238 g/mol. The minimum atomic E-state index is -0.817. The van der Waals surface area contributed by atoms with Crippen LogP contribution in [0.2, 0.25) is 0 Å². The van der Waals surface area contributed by atoms with Gasteiger partial charge in [0.05, 0.1) is 19.8 Å². The van der Waals surface area contributed by atoms with E-state index >= 15 is 0 Å². The van der Waals surface area contributed by atoms with Crippen LogP contribution in [0.5, 0.6) is 0 Å². The molecule has 0 aromatic carbocycles. The lowest BCUT2D eigenvalue weighted by molar-refractivity contribution is -0.146. The molecule has 0 spiro atoms. The molecule has 0 aromatic rings. The second kappa shape index (κ2) is 8.49. The van der Waals surface area contributed by atoms with Crippen LogP contribution in [0, 0.1) is 0 Å². The van der Waals surface area contributed by atoms with E-state index in [0.717, 1.165) is 0 Å². The Kier molecular flexibility index (Phi) is 8.04. The van der Waals surface area contributed by atoms with Crippen LogP contribution >= 0.6 is 11.6 Å². The number of carbonyl (C=O) groups excluding carboxylic acids is 2.